The number of hydrogen-bond donors (Lipinski definition) is 1. The average Bonchev–Trinajstić information content (AvgIpc) is 2.70. The van der Waals surface area contributed by atoms with Gasteiger partial charge in [-0.3, -0.25) is 0 Å². The van der Waals surface area contributed by atoms with E-state index in [1.807, 2.05) is 11.3 Å². The molecular formula is C16H28N2S. The molecule has 0 fully saturated rings. The molecule has 1 aromatic rings. The van der Waals surface area contributed by atoms with Crippen molar-refractivity contribution in [1.29, 1.82) is 0 Å². The van der Waals surface area contributed by atoms with Gasteiger partial charge in [0.1, 0.15) is 5.01 Å². The summed E-state index contributed by atoms with van der Waals surface area (Å²) in [5.74, 6) is 0. The second-order valence-corrected chi connectivity index (χ2v) is 8.56. The second-order valence-electron chi connectivity index (χ2n) is 7.56. The lowest BCUT2D eigenvalue weighted by Crippen LogP contribution is -2.35. The van der Waals surface area contributed by atoms with Gasteiger partial charge in [0.2, 0.25) is 0 Å². The Labute approximate surface area is 121 Å². The number of aromatic nitrogens is 1. The Bertz CT molecular complexity index is 467. The van der Waals surface area contributed by atoms with Crippen molar-refractivity contribution in [3.63, 3.8) is 0 Å². The molecule has 108 valence electrons. The fourth-order valence-corrected chi connectivity index (χ4v) is 4.98. The van der Waals surface area contributed by atoms with Crippen molar-refractivity contribution < 1.29 is 0 Å². The maximum absolute atomic E-state index is 6.53. The van der Waals surface area contributed by atoms with E-state index in [1.165, 1.54) is 17.0 Å². The first-order valence-electron chi connectivity index (χ1n) is 7.43. The summed E-state index contributed by atoms with van der Waals surface area (Å²) < 4.78 is 0. The maximum atomic E-state index is 6.53. The summed E-state index contributed by atoms with van der Waals surface area (Å²) in [6, 6.07) is 0. The van der Waals surface area contributed by atoms with Gasteiger partial charge in [0.25, 0.3) is 0 Å². The normalized spacial score (nSPS) is 21.2. The summed E-state index contributed by atoms with van der Waals surface area (Å²) in [7, 11) is 0. The molecular weight excluding hydrogens is 252 g/mol. The zero-order chi connectivity index (χ0) is 14.5. The van der Waals surface area contributed by atoms with Crippen LogP contribution >= 0.6 is 11.3 Å². The highest BCUT2D eigenvalue weighted by molar-refractivity contribution is 7.12. The molecule has 0 aliphatic heterocycles. The molecule has 1 heterocycles. The van der Waals surface area contributed by atoms with E-state index in [-0.39, 0.29) is 11.0 Å². The van der Waals surface area contributed by atoms with Crippen LogP contribution in [0.2, 0.25) is 0 Å². The van der Waals surface area contributed by atoms with Crippen LogP contribution < -0.4 is 5.73 Å². The van der Waals surface area contributed by atoms with Crippen molar-refractivity contribution in [3.05, 3.63) is 15.6 Å². The largest absolute Gasteiger partial charge is 0.319 e. The fourth-order valence-electron chi connectivity index (χ4n) is 3.56. The van der Waals surface area contributed by atoms with E-state index >= 15 is 0 Å². The van der Waals surface area contributed by atoms with Gasteiger partial charge in [-0.05, 0) is 31.1 Å². The Morgan fingerprint density at radius 1 is 1.21 bits per heavy atom. The van der Waals surface area contributed by atoms with Crippen LogP contribution in [-0.2, 0) is 17.4 Å². The SMILES string of the molecule is CCC(N)(CC)c1nc2c(s1)C(C)(C)CC(C)(C)C2. The molecule has 0 atom stereocenters. The van der Waals surface area contributed by atoms with Gasteiger partial charge < -0.3 is 5.73 Å². The van der Waals surface area contributed by atoms with Crippen LogP contribution in [0.5, 0.6) is 0 Å². The van der Waals surface area contributed by atoms with Gasteiger partial charge in [-0.25, -0.2) is 4.98 Å². The second kappa shape index (κ2) is 4.56. The Morgan fingerprint density at radius 3 is 2.32 bits per heavy atom. The standard InChI is InChI=1S/C16H28N2S/c1-7-16(17,8-2)13-18-11-9-14(3,4)10-15(5,6)12(11)19-13/h7-10,17H2,1-6H3. The van der Waals surface area contributed by atoms with Crippen molar-refractivity contribution in [2.24, 2.45) is 11.1 Å². The van der Waals surface area contributed by atoms with Crippen LogP contribution in [0.25, 0.3) is 0 Å². The van der Waals surface area contributed by atoms with Gasteiger partial charge >= 0.3 is 0 Å². The molecule has 0 aromatic carbocycles. The Balaban J connectivity index is 2.49. The molecule has 3 heteroatoms. The van der Waals surface area contributed by atoms with Crippen LogP contribution in [0, 0.1) is 5.41 Å². The van der Waals surface area contributed by atoms with Gasteiger partial charge in [0.05, 0.1) is 11.2 Å². The van der Waals surface area contributed by atoms with Crippen molar-refractivity contribution in [1.82, 2.24) is 4.98 Å². The maximum Gasteiger partial charge on any atom is 0.113 e. The first-order chi connectivity index (χ1) is 8.63. The molecule has 1 aromatic heterocycles. The predicted molar refractivity (Wildman–Crippen MR) is 83.7 cm³/mol. The topological polar surface area (TPSA) is 38.9 Å². The first-order valence-corrected chi connectivity index (χ1v) is 8.25. The van der Waals surface area contributed by atoms with E-state index in [4.69, 9.17) is 10.7 Å². The van der Waals surface area contributed by atoms with Crippen molar-refractivity contribution in [3.8, 4) is 0 Å². The lowest BCUT2D eigenvalue weighted by Gasteiger charge is -2.39. The quantitative estimate of drug-likeness (QED) is 0.893. The van der Waals surface area contributed by atoms with E-state index in [1.54, 1.807) is 0 Å². The Kier molecular flexibility index (Phi) is 3.60. The zero-order valence-electron chi connectivity index (χ0n) is 13.3. The minimum Gasteiger partial charge on any atom is -0.319 e. The van der Waals surface area contributed by atoms with E-state index in [0.717, 1.165) is 24.3 Å². The highest BCUT2D eigenvalue weighted by Gasteiger charge is 2.41. The summed E-state index contributed by atoms with van der Waals surface area (Å²) in [5.41, 5.74) is 8.18. The lowest BCUT2D eigenvalue weighted by atomic mass is 9.67. The van der Waals surface area contributed by atoms with Crippen LogP contribution in [0.15, 0.2) is 0 Å². The molecule has 0 saturated carbocycles. The molecule has 1 aliphatic rings. The fraction of sp³-hybridized carbons (Fsp3) is 0.812. The van der Waals surface area contributed by atoms with Gasteiger partial charge in [0.15, 0.2) is 0 Å². The molecule has 0 radical (unpaired) electrons. The van der Waals surface area contributed by atoms with Crippen LogP contribution in [0.3, 0.4) is 0 Å². The number of fused-ring (bicyclic) bond motifs is 1. The summed E-state index contributed by atoms with van der Waals surface area (Å²) in [4.78, 5) is 6.42. The molecule has 2 N–H and O–H groups in total. The number of nitrogens with zero attached hydrogens (tertiary/aromatic N) is 1. The van der Waals surface area contributed by atoms with Gasteiger partial charge in [0, 0.05) is 10.3 Å². The molecule has 0 amide bonds. The summed E-state index contributed by atoms with van der Waals surface area (Å²) in [6.45, 7) is 13.7. The molecule has 0 saturated heterocycles. The minimum atomic E-state index is -0.234. The summed E-state index contributed by atoms with van der Waals surface area (Å²) in [6.07, 6.45) is 4.23. The average molecular weight is 280 g/mol. The third kappa shape index (κ3) is 2.59. The number of thiazole rings is 1. The smallest absolute Gasteiger partial charge is 0.113 e. The number of rotatable bonds is 3. The highest BCUT2D eigenvalue weighted by atomic mass is 32.1. The summed E-state index contributed by atoms with van der Waals surface area (Å²) >= 11 is 1.86. The molecule has 0 bridgehead atoms. The predicted octanol–water partition coefficient (Wildman–Crippen LogP) is 4.37. The van der Waals surface area contributed by atoms with Crippen LogP contribution in [0.1, 0.15) is 76.4 Å². The van der Waals surface area contributed by atoms with Crippen LogP contribution in [-0.4, -0.2) is 4.98 Å². The Hall–Kier alpha value is -0.410. The van der Waals surface area contributed by atoms with Gasteiger partial charge in [-0.1, -0.05) is 41.5 Å². The Morgan fingerprint density at radius 2 is 1.79 bits per heavy atom. The molecule has 19 heavy (non-hydrogen) atoms. The monoisotopic (exact) mass is 280 g/mol. The zero-order valence-corrected chi connectivity index (χ0v) is 14.1. The molecule has 0 unspecified atom stereocenters. The van der Waals surface area contributed by atoms with Crippen LogP contribution in [0.4, 0.5) is 0 Å². The molecule has 2 nitrogen and oxygen atoms in total. The third-order valence-electron chi connectivity index (χ3n) is 4.57. The van der Waals surface area contributed by atoms with E-state index in [0.29, 0.717) is 5.41 Å². The molecule has 2 rings (SSSR count). The summed E-state index contributed by atoms with van der Waals surface area (Å²) in [5, 5.41) is 1.15. The highest BCUT2D eigenvalue weighted by Crippen LogP contribution is 2.49. The van der Waals surface area contributed by atoms with E-state index in [2.05, 4.69) is 41.5 Å². The molecule has 0 spiro atoms. The van der Waals surface area contributed by atoms with Crippen molar-refractivity contribution in [2.75, 3.05) is 0 Å². The lowest BCUT2D eigenvalue weighted by molar-refractivity contribution is 0.232. The number of nitrogens with two attached hydrogens (primary N) is 1. The van der Waals surface area contributed by atoms with Crippen molar-refractivity contribution in [2.45, 2.75) is 78.2 Å². The van der Waals surface area contributed by atoms with Gasteiger partial charge in [-0.2, -0.15) is 0 Å². The van der Waals surface area contributed by atoms with Crippen molar-refractivity contribution >= 4 is 11.3 Å². The first kappa shape index (κ1) is 15.0. The van der Waals surface area contributed by atoms with Gasteiger partial charge in [-0.15, -0.1) is 11.3 Å². The van der Waals surface area contributed by atoms with E-state index in [9.17, 15) is 0 Å². The minimum absolute atomic E-state index is 0.232. The molecule has 1 aliphatic carbocycles. The van der Waals surface area contributed by atoms with E-state index < -0.39 is 0 Å². The third-order valence-corrected chi connectivity index (χ3v) is 6.25. The number of hydrogen-bond acceptors (Lipinski definition) is 3.